The van der Waals surface area contributed by atoms with E-state index in [1.807, 2.05) is 0 Å². The number of benzene rings is 1. The standard InChI is InChI=1S/C7H6O5S/c8-7(9)5-1-3-6(4-2-5)13-12-11-10/h1-4,10H,(H,8,9). The minimum Gasteiger partial charge on any atom is -0.478 e. The first-order valence-electron chi connectivity index (χ1n) is 3.22. The van der Waals surface area contributed by atoms with E-state index in [2.05, 4.69) is 9.37 Å². The van der Waals surface area contributed by atoms with Crippen LogP contribution < -0.4 is 0 Å². The monoisotopic (exact) mass is 202 g/mol. The Morgan fingerprint density at radius 1 is 1.31 bits per heavy atom. The van der Waals surface area contributed by atoms with Crippen molar-refractivity contribution in [3.05, 3.63) is 29.8 Å². The molecule has 70 valence electrons. The van der Waals surface area contributed by atoms with Crippen LogP contribution in [-0.2, 0) is 9.37 Å². The molecule has 1 rings (SSSR count). The van der Waals surface area contributed by atoms with E-state index in [0.29, 0.717) is 4.90 Å². The molecule has 0 radical (unpaired) electrons. The molecule has 0 amide bonds. The van der Waals surface area contributed by atoms with Crippen LogP contribution in [-0.4, -0.2) is 16.3 Å². The highest BCUT2D eigenvalue weighted by atomic mass is 32.2. The molecule has 0 aliphatic carbocycles. The van der Waals surface area contributed by atoms with Gasteiger partial charge >= 0.3 is 5.97 Å². The third-order valence-electron chi connectivity index (χ3n) is 1.26. The van der Waals surface area contributed by atoms with Crippen molar-refractivity contribution in [1.82, 2.24) is 0 Å². The molecule has 13 heavy (non-hydrogen) atoms. The summed E-state index contributed by atoms with van der Waals surface area (Å²) in [6.45, 7) is 0. The van der Waals surface area contributed by atoms with Crippen LogP contribution in [0.1, 0.15) is 10.4 Å². The van der Waals surface area contributed by atoms with Crippen molar-refractivity contribution in [3.8, 4) is 0 Å². The van der Waals surface area contributed by atoms with E-state index in [-0.39, 0.29) is 5.56 Å². The molecule has 0 spiro atoms. The van der Waals surface area contributed by atoms with Crippen molar-refractivity contribution in [3.63, 3.8) is 0 Å². The fraction of sp³-hybridized carbons (Fsp3) is 0. The lowest BCUT2D eigenvalue weighted by atomic mass is 10.2. The number of carboxylic acids is 1. The Balaban J connectivity index is 2.64. The second kappa shape index (κ2) is 4.83. The number of aromatic carboxylic acids is 1. The van der Waals surface area contributed by atoms with Crippen LogP contribution in [0.4, 0.5) is 0 Å². The van der Waals surface area contributed by atoms with E-state index in [1.165, 1.54) is 24.3 Å². The summed E-state index contributed by atoms with van der Waals surface area (Å²) < 4.78 is 4.14. The van der Waals surface area contributed by atoms with Crippen LogP contribution in [0.15, 0.2) is 29.2 Å². The van der Waals surface area contributed by atoms with E-state index in [1.54, 1.807) is 0 Å². The van der Waals surface area contributed by atoms with Gasteiger partial charge in [-0.05, 0) is 24.3 Å². The number of rotatable bonds is 4. The summed E-state index contributed by atoms with van der Waals surface area (Å²) >= 11 is 0.776. The molecule has 0 heterocycles. The van der Waals surface area contributed by atoms with Crippen LogP contribution in [0, 0.1) is 0 Å². The molecule has 1 aromatic rings. The molecular weight excluding hydrogens is 196 g/mol. The fourth-order valence-corrected chi connectivity index (χ4v) is 1.06. The predicted octanol–water partition coefficient (Wildman–Crippen LogP) is 1.81. The van der Waals surface area contributed by atoms with Gasteiger partial charge in [0.15, 0.2) is 0 Å². The van der Waals surface area contributed by atoms with Crippen molar-refractivity contribution in [1.29, 1.82) is 0 Å². The molecule has 0 aromatic heterocycles. The highest BCUT2D eigenvalue weighted by Gasteiger charge is 2.02. The Hall–Kier alpha value is -1.08. The van der Waals surface area contributed by atoms with Gasteiger partial charge in [-0.2, -0.15) is 0 Å². The first-order valence-corrected chi connectivity index (χ1v) is 3.96. The maximum Gasteiger partial charge on any atom is 0.335 e. The van der Waals surface area contributed by atoms with Gasteiger partial charge in [0.05, 0.1) is 17.6 Å². The highest BCUT2D eigenvalue weighted by molar-refractivity contribution is 7.94. The largest absolute Gasteiger partial charge is 0.478 e. The Bertz CT molecular complexity index is 283. The number of carbonyl (C=O) groups is 1. The highest BCUT2D eigenvalue weighted by Crippen LogP contribution is 2.19. The molecule has 0 bridgehead atoms. The van der Waals surface area contributed by atoms with E-state index in [9.17, 15) is 4.79 Å². The zero-order valence-corrected chi connectivity index (χ0v) is 7.15. The molecule has 0 aliphatic rings. The van der Waals surface area contributed by atoms with Gasteiger partial charge in [0, 0.05) is 4.90 Å². The SMILES string of the molecule is O=C(O)c1ccc(SOOO)cc1. The number of hydrogen-bond acceptors (Lipinski definition) is 5. The maximum absolute atomic E-state index is 10.4. The van der Waals surface area contributed by atoms with Gasteiger partial charge in [-0.25, -0.2) is 10.1 Å². The van der Waals surface area contributed by atoms with Crippen LogP contribution in [0.25, 0.3) is 0 Å². The lowest BCUT2D eigenvalue weighted by Gasteiger charge is -1.97. The average molecular weight is 202 g/mol. The van der Waals surface area contributed by atoms with Crippen molar-refractivity contribution in [2.45, 2.75) is 4.90 Å². The summed E-state index contributed by atoms with van der Waals surface area (Å²) in [5.74, 6) is -0.990. The number of carboxylic acid groups (broad SMARTS) is 1. The fourth-order valence-electron chi connectivity index (χ4n) is 0.708. The molecule has 0 saturated carbocycles. The van der Waals surface area contributed by atoms with Gasteiger partial charge in [0.2, 0.25) is 0 Å². The molecule has 5 nitrogen and oxygen atoms in total. The van der Waals surface area contributed by atoms with Crippen LogP contribution in [0.2, 0.25) is 0 Å². The van der Waals surface area contributed by atoms with E-state index >= 15 is 0 Å². The third-order valence-corrected chi connectivity index (χ3v) is 1.86. The van der Waals surface area contributed by atoms with Gasteiger partial charge < -0.3 is 5.11 Å². The second-order valence-electron chi connectivity index (χ2n) is 2.06. The normalized spacial score (nSPS) is 9.92. The summed E-state index contributed by atoms with van der Waals surface area (Å²) in [4.78, 5) is 11.0. The van der Waals surface area contributed by atoms with E-state index < -0.39 is 5.97 Å². The van der Waals surface area contributed by atoms with Crippen LogP contribution in [0.3, 0.4) is 0 Å². The summed E-state index contributed by atoms with van der Waals surface area (Å²) in [6.07, 6.45) is 0. The van der Waals surface area contributed by atoms with Gasteiger partial charge in [0.25, 0.3) is 0 Å². The minimum absolute atomic E-state index is 0.189. The lowest BCUT2D eigenvalue weighted by Crippen LogP contribution is -1.94. The summed E-state index contributed by atoms with van der Waals surface area (Å²) in [5.41, 5.74) is 0.189. The van der Waals surface area contributed by atoms with Crippen LogP contribution in [0.5, 0.6) is 0 Å². The Labute approximate surface area is 78.0 Å². The molecule has 0 unspecified atom stereocenters. The van der Waals surface area contributed by atoms with Gasteiger partial charge in [-0.3, -0.25) is 0 Å². The zero-order chi connectivity index (χ0) is 9.68. The summed E-state index contributed by atoms with van der Waals surface area (Å²) in [6, 6.07) is 5.91. The van der Waals surface area contributed by atoms with Crippen molar-refractivity contribution < 1.29 is 24.5 Å². The molecule has 0 atom stereocenters. The van der Waals surface area contributed by atoms with Crippen molar-refractivity contribution in [2.24, 2.45) is 0 Å². The summed E-state index contributed by atoms with van der Waals surface area (Å²) in [5, 5.41) is 19.8. The van der Waals surface area contributed by atoms with Crippen LogP contribution >= 0.6 is 12.0 Å². The quantitative estimate of drug-likeness (QED) is 0.440. The molecular formula is C7H6O5S. The van der Waals surface area contributed by atoms with Gasteiger partial charge in [-0.15, -0.1) is 4.33 Å². The maximum atomic E-state index is 10.4. The average Bonchev–Trinajstić information content (AvgIpc) is 2.15. The van der Waals surface area contributed by atoms with Gasteiger partial charge in [0.1, 0.15) is 0 Å². The molecule has 6 heteroatoms. The second-order valence-corrected chi connectivity index (χ2v) is 2.83. The molecule has 0 fully saturated rings. The summed E-state index contributed by atoms with van der Waals surface area (Å²) in [7, 11) is 0. The smallest absolute Gasteiger partial charge is 0.335 e. The number of hydrogen-bond donors (Lipinski definition) is 2. The molecule has 0 aliphatic heterocycles. The Kier molecular flexibility index (Phi) is 3.71. The predicted molar refractivity (Wildman–Crippen MR) is 44.1 cm³/mol. The third kappa shape index (κ3) is 3.03. The first-order chi connectivity index (χ1) is 6.24. The van der Waals surface area contributed by atoms with Crippen molar-refractivity contribution >= 4 is 18.0 Å². The zero-order valence-electron chi connectivity index (χ0n) is 6.34. The van der Waals surface area contributed by atoms with E-state index in [0.717, 1.165) is 12.0 Å². The van der Waals surface area contributed by atoms with E-state index in [4.69, 9.17) is 10.4 Å². The Morgan fingerprint density at radius 2 is 1.92 bits per heavy atom. The molecule has 1 aromatic carbocycles. The first kappa shape index (κ1) is 10.0. The Morgan fingerprint density at radius 3 is 2.38 bits per heavy atom. The molecule has 0 saturated heterocycles. The molecule has 2 N–H and O–H groups in total. The lowest BCUT2D eigenvalue weighted by molar-refractivity contribution is -0.432. The topological polar surface area (TPSA) is 76.0 Å². The minimum atomic E-state index is -0.990. The van der Waals surface area contributed by atoms with Crippen molar-refractivity contribution in [2.75, 3.05) is 0 Å². The van der Waals surface area contributed by atoms with Gasteiger partial charge in [-0.1, -0.05) is 5.04 Å².